The Morgan fingerprint density at radius 2 is 2.18 bits per heavy atom. The zero-order valence-corrected chi connectivity index (χ0v) is 19.2. The first kappa shape index (κ1) is 25.9. The monoisotopic (exact) mass is 500 g/mol. The van der Waals surface area contributed by atoms with Crippen molar-refractivity contribution in [2.24, 2.45) is 0 Å². The van der Waals surface area contributed by atoms with Gasteiger partial charge in [0.1, 0.15) is 48.9 Å². The highest BCUT2D eigenvalue weighted by molar-refractivity contribution is 7.51. The van der Waals surface area contributed by atoms with Crippen molar-refractivity contribution >= 4 is 25.1 Å². The van der Waals surface area contributed by atoms with Gasteiger partial charge in [0.25, 0.3) is 0 Å². The van der Waals surface area contributed by atoms with Gasteiger partial charge < -0.3 is 30.5 Å². The number of aliphatic hydroxyl groups excluding tert-OH is 2. The van der Waals surface area contributed by atoms with Crippen molar-refractivity contribution in [2.45, 2.75) is 36.9 Å². The molecular weight excluding hydrogens is 475 g/mol. The van der Waals surface area contributed by atoms with Crippen LogP contribution in [0, 0.1) is 11.3 Å². The molecule has 2 aromatic heterocycles. The molecule has 6 N–H and O–H groups in total. The molecular formula is C18H25N6O9P. The number of anilines is 1. The Balaban J connectivity index is 1.85. The summed E-state index contributed by atoms with van der Waals surface area (Å²) in [5, 5.41) is 46.6. The van der Waals surface area contributed by atoms with Crippen LogP contribution in [0.4, 0.5) is 5.82 Å². The van der Waals surface area contributed by atoms with E-state index < -0.39 is 50.3 Å². The summed E-state index contributed by atoms with van der Waals surface area (Å²) in [6.45, 7) is 0.178. The van der Waals surface area contributed by atoms with E-state index in [1.807, 2.05) is 0 Å². The van der Waals surface area contributed by atoms with Gasteiger partial charge in [0.15, 0.2) is 5.82 Å². The van der Waals surface area contributed by atoms with Crippen molar-refractivity contribution in [3.05, 3.63) is 24.2 Å². The zero-order valence-electron chi connectivity index (χ0n) is 18.3. The summed E-state index contributed by atoms with van der Waals surface area (Å²) in [7, 11) is -2.94. The van der Waals surface area contributed by atoms with Crippen LogP contribution in [0.1, 0.15) is 18.7 Å². The lowest BCUT2D eigenvalue weighted by Gasteiger charge is -2.28. The Bertz CT molecular complexity index is 1120. The topological polar surface area (TPSA) is 224 Å². The van der Waals surface area contributed by atoms with Gasteiger partial charge in [-0.05, 0) is 19.1 Å². The van der Waals surface area contributed by atoms with E-state index in [1.54, 1.807) is 12.1 Å². The van der Waals surface area contributed by atoms with E-state index in [1.165, 1.54) is 30.9 Å². The fourth-order valence-electron chi connectivity index (χ4n) is 3.30. The second-order valence-corrected chi connectivity index (χ2v) is 9.23. The molecule has 34 heavy (non-hydrogen) atoms. The minimum atomic E-state index is -4.32. The van der Waals surface area contributed by atoms with E-state index in [-0.39, 0.29) is 24.7 Å². The number of carboxylic acid groups (broad SMARTS) is 1. The minimum absolute atomic E-state index is 0.0199. The number of aliphatic carboxylic acids is 1. The van der Waals surface area contributed by atoms with Gasteiger partial charge in [-0.25, -0.2) is 19.2 Å². The standard InChI is InChI=1S/C18H25N6O9P/c1-10(17(27)28)23-34(29,31-6-5-30-2)32-8-18(7-19)15(26)13(25)14(33-18)11-3-4-12-16(20)21-9-22-24(11)12/h3-4,9-10,13-15,25-26H,5-6,8H2,1-2H3,(H,23,29)(H,27,28)(H2,20,21,22)/t10?,13-,14-,15-,18+,34?/m0/s1. The molecule has 0 spiro atoms. The second kappa shape index (κ2) is 10.3. The smallest absolute Gasteiger partial charge is 0.406 e. The summed E-state index contributed by atoms with van der Waals surface area (Å²) in [6.07, 6.45) is -3.45. The molecule has 1 aliphatic heterocycles. The average Bonchev–Trinajstić information content (AvgIpc) is 3.33. The predicted octanol–water partition coefficient (Wildman–Crippen LogP) is -0.783. The largest absolute Gasteiger partial charge is 0.480 e. The Kier molecular flexibility index (Phi) is 7.86. The normalized spacial score (nSPS) is 27.3. The fraction of sp³-hybridized carbons (Fsp3) is 0.556. The number of nitrogens with zero attached hydrogens (tertiary/aromatic N) is 4. The molecule has 1 saturated heterocycles. The number of methoxy groups -OCH3 is 1. The summed E-state index contributed by atoms with van der Waals surface area (Å²) in [5.74, 6) is -1.17. The number of hydrogen-bond acceptors (Lipinski definition) is 12. The van der Waals surface area contributed by atoms with E-state index in [0.717, 1.165) is 0 Å². The van der Waals surface area contributed by atoms with Crippen molar-refractivity contribution in [2.75, 3.05) is 32.7 Å². The number of nitrogen functional groups attached to an aromatic ring is 1. The summed E-state index contributed by atoms with van der Waals surface area (Å²) in [4.78, 5) is 15.1. The number of rotatable bonds is 11. The van der Waals surface area contributed by atoms with Crippen LogP contribution >= 0.6 is 7.75 Å². The van der Waals surface area contributed by atoms with Gasteiger partial charge in [0.2, 0.25) is 5.60 Å². The molecule has 2 aromatic rings. The first-order chi connectivity index (χ1) is 16.1. The molecule has 6 atom stereocenters. The lowest BCUT2D eigenvalue weighted by atomic mass is 9.96. The number of aliphatic hydroxyl groups is 2. The number of nitriles is 1. The molecule has 0 saturated carbocycles. The molecule has 0 radical (unpaired) electrons. The number of ether oxygens (including phenoxy) is 2. The van der Waals surface area contributed by atoms with Gasteiger partial charge in [-0.15, -0.1) is 0 Å². The number of nitrogens with two attached hydrogens (primary N) is 1. The Morgan fingerprint density at radius 3 is 2.82 bits per heavy atom. The van der Waals surface area contributed by atoms with Crippen LogP contribution in [-0.4, -0.2) is 86.7 Å². The molecule has 0 aliphatic carbocycles. The highest BCUT2D eigenvalue weighted by atomic mass is 31.2. The molecule has 186 valence electrons. The van der Waals surface area contributed by atoms with Crippen molar-refractivity contribution in [3.8, 4) is 6.07 Å². The lowest BCUT2D eigenvalue weighted by molar-refractivity contribution is -0.138. The maximum atomic E-state index is 13.1. The number of hydrogen-bond donors (Lipinski definition) is 5. The van der Waals surface area contributed by atoms with E-state index in [9.17, 15) is 24.8 Å². The molecule has 3 rings (SSSR count). The van der Waals surface area contributed by atoms with Crippen LogP contribution in [0.2, 0.25) is 0 Å². The Hall–Kier alpha value is -2.67. The molecule has 1 aliphatic rings. The maximum absolute atomic E-state index is 13.1. The van der Waals surface area contributed by atoms with Gasteiger partial charge in [-0.1, -0.05) is 0 Å². The van der Waals surface area contributed by atoms with Crippen LogP contribution in [0.15, 0.2) is 18.5 Å². The summed E-state index contributed by atoms with van der Waals surface area (Å²) in [6, 6.07) is 3.53. The van der Waals surface area contributed by atoms with Crippen molar-refractivity contribution < 1.29 is 43.2 Å². The minimum Gasteiger partial charge on any atom is -0.480 e. The van der Waals surface area contributed by atoms with Crippen molar-refractivity contribution in [1.29, 1.82) is 5.26 Å². The van der Waals surface area contributed by atoms with Gasteiger partial charge in [-0.2, -0.15) is 10.4 Å². The van der Waals surface area contributed by atoms with Crippen molar-refractivity contribution in [1.82, 2.24) is 19.7 Å². The van der Waals surface area contributed by atoms with E-state index in [2.05, 4.69) is 15.2 Å². The molecule has 3 heterocycles. The fourth-order valence-corrected chi connectivity index (χ4v) is 4.79. The molecule has 0 aromatic carbocycles. The Morgan fingerprint density at radius 1 is 1.44 bits per heavy atom. The lowest BCUT2D eigenvalue weighted by Crippen LogP contribution is -2.46. The number of carboxylic acids is 1. The van der Waals surface area contributed by atoms with E-state index in [0.29, 0.717) is 5.52 Å². The molecule has 1 fully saturated rings. The third-order valence-corrected chi connectivity index (χ3v) is 6.86. The van der Waals surface area contributed by atoms with Crippen LogP contribution in [0.3, 0.4) is 0 Å². The molecule has 0 bridgehead atoms. The van der Waals surface area contributed by atoms with Crippen LogP contribution in [-0.2, 0) is 27.9 Å². The van der Waals surface area contributed by atoms with Crippen LogP contribution in [0.25, 0.3) is 5.52 Å². The number of fused-ring (bicyclic) bond motifs is 1. The third-order valence-electron chi connectivity index (χ3n) is 5.16. The van der Waals surface area contributed by atoms with Crippen LogP contribution < -0.4 is 10.8 Å². The highest BCUT2D eigenvalue weighted by Gasteiger charge is 2.57. The van der Waals surface area contributed by atoms with Gasteiger partial charge >= 0.3 is 13.7 Å². The third kappa shape index (κ3) is 5.04. The number of carbonyl (C=O) groups is 1. The molecule has 0 amide bonds. The van der Waals surface area contributed by atoms with E-state index >= 15 is 0 Å². The summed E-state index contributed by atoms with van der Waals surface area (Å²) < 4.78 is 35.5. The Labute approximate surface area is 193 Å². The highest BCUT2D eigenvalue weighted by Crippen LogP contribution is 2.48. The first-order valence-electron chi connectivity index (χ1n) is 9.99. The maximum Gasteiger partial charge on any atom is 0.406 e. The average molecular weight is 500 g/mol. The van der Waals surface area contributed by atoms with Crippen LogP contribution in [0.5, 0.6) is 0 Å². The number of nitrogens with one attached hydrogen (secondary N) is 1. The summed E-state index contributed by atoms with van der Waals surface area (Å²) in [5.41, 5.74) is 4.32. The SMILES string of the molecule is COCCOP(=O)(NC(C)C(=O)O)OC[C@@]1(C#N)O[C@@H](c2ccc3c(N)ncnn23)[C@H](O)[C@@H]1O. The number of aromatic nitrogens is 3. The quantitative estimate of drug-likeness (QED) is 0.188. The van der Waals surface area contributed by atoms with Gasteiger partial charge in [0.05, 0.1) is 18.9 Å². The van der Waals surface area contributed by atoms with E-state index in [4.69, 9.17) is 29.4 Å². The second-order valence-electron chi connectivity index (χ2n) is 7.46. The first-order valence-corrected chi connectivity index (χ1v) is 11.5. The predicted molar refractivity (Wildman–Crippen MR) is 113 cm³/mol. The molecule has 16 heteroatoms. The van der Waals surface area contributed by atoms with Gasteiger partial charge in [0, 0.05) is 7.11 Å². The molecule has 15 nitrogen and oxygen atoms in total. The molecule has 2 unspecified atom stereocenters. The van der Waals surface area contributed by atoms with Crippen molar-refractivity contribution in [3.63, 3.8) is 0 Å². The van der Waals surface area contributed by atoms with Gasteiger partial charge in [-0.3, -0.25) is 13.8 Å². The zero-order chi connectivity index (χ0) is 25.1. The summed E-state index contributed by atoms with van der Waals surface area (Å²) >= 11 is 0.